The summed E-state index contributed by atoms with van der Waals surface area (Å²) in [5, 5.41) is 1.01. The molecule has 0 fully saturated rings. The van der Waals surface area contributed by atoms with Gasteiger partial charge >= 0.3 is 0 Å². The van der Waals surface area contributed by atoms with Crippen LogP contribution in [0.3, 0.4) is 0 Å². The molecule has 0 aromatic carbocycles. The molecule has 0 bridgehead atoms. The maximum absolute atomic E-state index is 5.91. The molecule has 0 amide bonds. The summed E-state index contributed by atoms with van der Waals surface area (Å²) in [6.07, 6.45) is 9.13. The fourth-order valence-corrected chi connectivity index (χ4v) is 1.92. The zero-order chi connectivity index (χ0) is 9.10. The van der Waals surface area contributed by atoms with Gasteiger partial charge in [-0.2, -0.15) is 0 Å². The highest BCUT2D eigenvalue weighted by Gasteiger charge is 2.14. The summed E-state index contributed by atoms with van der Waals surface area (Å²) in [6, 6.07) is 4.14. The lowest BCUT2D eigenvalue weighted by molar-refractivity contribution is 0.609. The van der Waals surface area contributed by atoms with Crippen LogP contribution in [0.4, 0.5) is 0 Å². The summed E-state index contributed by atoms with van der Waals surface area (Å²) < 4.78 is 0. The first-order valence-electron chi connectivity index (χ1n) is 4.61. The predicted molar refractivity (Wildman–Crippen MR) is 54.8 cm³/mol. The fraction of sp³-hybridized carbons (Fsp3) is 0.364. The molecule has 1 atom stereocenters. The highest BCUT2D eigenvalue weighted by molar-refractivity contribution is 6.29. The average Bonchev–Trinajstić information content (AvgIpc) is 2.20. The van der Waals surface area contributed by atoms with E-state index in [1.807, 2.05) is 18.5 Å². The molecular weight excluding hydrogens is 182 g/mol. The topological polar surface area (TPSA) is 12.9 Å². The number of nitrogens with zero attached hydrogens (tertiary/aromatic N) is 1. The molecular formula is C11H12ClN. The third-order valence-corrected chi connectivity index (χ3v) is 2.85. The molecule has 2 rings (SSSR count). The minimum atomic E-state index is 0.621. The molecule has 68 valence electrons. The van der Waals surface area contributed by atoms with Crippen molar-refractivity contribution in [1.82, 2.24) is 4.98 Å². The van der Waals surface area contributed by atoms with Gasteiger partial charge in [0.2, 0.25) is 0 Å². The first kappa shape index (κ1) is 8.76. The van der Waals surface area contributed by atoms with E-state index in [1.54, 1.807) is 0 Å². The van der Waals surface area contributed by atoms with E-state index in [4.69, 9.17) is 11.6 Å². The minimum Gasteiger partial charge on any atom is -0.264 e. The van der Waals surface area contributed by atoms with Gasteiger partial charge in [-0.3, -0.25) is 4.98 Å². The number of aromatic nitrogens is 1. The predicted octanol–water partition coefficient (Wildman–Crippen LogP) is 3.47. The molecule has 0 radical (unpaired) electrons. The fourth-order valence-electron chi connectivity index (χ4n) is 1.72. The quantitative estimate of drug-likeness (QED) is 0.666. The zero-order valence-corrected chi connectivity index (χ0v) is 8.17. The molecule has 1 aromatic heterocycles. The van der Waals surface area contributed by atoms with Crippen LogP contribution in [-0.4, -0.2) is 4.98 Å². The second-order valence-electron chi connectivity index (χ2n) is 3.41. The van der Waals surface area contributed by atoms with E-state index in [9.17, 15) is 0 Å². The van der Waals surface area contributed by atoms with Crippen LogP contribution in [0.1, 0.15) is 30.7 Å². The van der Waals surface area contributed by atoms with Gasteiger partial charge in [0.15, 0.2) is 0 Å². The molecule has 1 aliphatic rings. The highest BCUT2D eigenvalue weighted by atomic mass is 35.5. The van der Waals surface area contributed by atoms with Crippen LogP contribution in [-0.2, 0) is 0 Å². The van der Waals surface area contributed by atoms with E-state index in [2.05, 4.69) is 17.1 Å². The van der Waals surface area contributed by atoms with Crippen LogP contribution in [0.25, 0.3) is 0 Å². The second-order valence-corrected chi connectivity index (χ2v) is 3.89. The monoisotopic (exact) mass is 193 g/mol. The Balaban J connectivity index is 2.12. The number of hydrogen-bond donors (Lipinski definition) is 0. The van der Waals surface area contributed by atoms with Crippen molar-refractivity contribution in [2.24, 2.45) is 0 Å². The number of hydrogen-bond acceptors (Lipinski definition) is 1. The molecule has 13 heavy (non-hydrogen) atoms. The van der Waals surface area contributed by atoms with Gasteiger partial charge in [-0.1, -0.05) is 23.7 Å². The summed E-state index contributed by atoms with van der Waals surface area (Å²) in [5.41, 5.74) is 1.34. The van der Waals surface area contributed by atoms with Gasteiger partial charge in [-0.15, -0.1) is 0 Å². The van der Waals surface area contributed by atoms with E-state index in [-0.39, 0.29) is 0 Å². The normalized spacial score (nSPS) is 22.5. The average molecular weight is 194 g/mol. The van der Waals surface area contributed by atoms with Gasteiger partial charge in [0.05, 0.1) is 0 Å². The van der Waals surface area contributed by atoms with Crippen molar-refractivity contribution in [2.45, 2.75) is 25.2 Å². The van der Waals surface area contributed by atoms with Crippen LogP contribution in [0.5, 0.6) is 0 Å². The lowest BCUT2D eigenvalue weighted by atomic mass is 9.89. The number of pyridine rings is 1. The van der Waals surface area contributed by atoms with Crippen LogP contribution in [0, 0.1) is 0 Å². The highest BCUT2D eigenvalue weighted by Crippen LogP contribution is 2.32. The Morgan fingerprint density at radius 2 is 2.38 bits per heavy atom. The molecule has 0 spiro atoms. The third kappa shape index (κ3) is 2.10. The van der Waals surface area contributed by atoms with Gasteiger partial charge in [0, 0.05) is 17.4 Å². The van der Waals surface area contributed by atoms with Crippen LogP contribution in [0.2, 0.25) is 0 Å². The Hall–Kier alpha value is -0.820. The molecule has 0 aliphatic heterocycles. The van der Waals surface area contributed by atoms with Crippen molar-refractivity contribution in [3.05, 3.63) is 41.2 Å². The van der Waals surface area contributed by atoms with Crippen molar-refractivity contribution in [1.29, 1.82) is 0 Å². The summed E-state index contributed by atoms with van der Waals surface area (Å²) >= 11 is 5.91. The molecule has 1 unspecified atom stereocenters. The molecule has 1 heterocycles. The number of allylic oxidation sites excluding steroid dienone is 2. The Kier molecular flexibility index (Phi) is 2.65. The van der Waals surface area contributed by atoms with Gasteiger partial charge < -0.3 is 0 Å². The molecule has 0 saturated heterocycles. The largest absolute Gasteiger partial charge is 0.264 e. The Labute approximate surface area is 83.4 Å². The maximum atomic E-state index is 5.91. The van der Waals surface area contributed by atoms with Gasteiger partial charge in [0.1, 0.15) is 0 Å². The van der Waals surface area contributed by atoms with Crippen molar-refractivity contribution in [3.63, 3.8) is 0 Å². The van der Waals surface area contributed by atoms with E-state index in [0.29, 0.717) is 5.92 Å². The van der Waals surface area contributed by atoms with Crippen molar-refractivity contribution < 1.29 is 0 Å². The summed E-state index contributed by atoms with van der Waals surface area (Å²) in [7, 11) is 0. The molecule has 2 heteroatoms. The SMILES string of the molecule is ClC1=CCC(c2cccnc2)CC1. The summed E-state index contributed by atoms with van der Waals surface area (Å²) in [5.74, 6) is 0.621. The Morgan fingerprint density at radius 3 is 3.00 bits per heavy atom. The molecule has 0 saturated carbocycles. The van der Waals surface area contributed by atoms with Crippen molar-refractivity contribution >= 4 is 11.6 Å². The standard InChI is InChI=1S/C11H12ClN/c12-11-5-3-9(4-6-11)10-2-1-7-13-8-10/h1-2,5,7-9H,3-4,6H2. The van der Waals surface area contributed by atoms with Crippen LogP contribution < -0.4 is 0 Å². The first-order valence-corrected chi connectivity index (χ1v) is 4.98. The zero-order valence-electron chi connectivity index (χ0n) is 7.41. The van der Waals surface area contributed by atoms with Crippen molar-refractivity contribution in [2.75, 3.05) is 0 Å². The van der Waals surface area contributed by atoms with E-state index in [1.165, 1.54) is 5.56 Å². The van der Waals surface area contributed by atoms with E-state index in [0.717, 1.165) is 24.3 Å². The lowest BCUT2D eigenvalue weighted by Crippen LogP contribution is -2.02. The maximum Gasteiger partial charge on any atom is 0.0302 e. The number of rotatable bonds is 1. The molecule has 1 aromatic rings. The second kappa shape index (κ2) is 3.93. The van der Waals surface area contributed by atoms with Gasteiger partial charge in [-0.25, -0.2) is 0 Å². The van der Waals surface area contributed by atoms with E-state index < -0.39 is 0 Å². The summed E-state index contributed by atoms with van der Waals surface area (Å²) in [4.78, 5) is 4.13. The first-order chi connectivity index (χ1) is 6.36. The Morgan fingerprint density at radius 1 is 1.46 bits per heavy atom. The van der Waals surface area contributed by atoms with Crippen LogP contribution in [0.15, 0.2) is 35.6 Å². The van der Waals surface area contributed by atoms with Gasteiger partial charge in [-0.05, 0) is 36.8 Å². The number of halogens is 1. The molecule has 1 aliphatic carbocycles. The van der Waals surface area contributed by atoms with Crippen molar-refractivity contribution in [3.8, 4) is 0 Å². The molecule has 0 N–H and O–H groups in total. The molecule has 1 nitrogen and oxygen atoms in total. The Bertz CT molecular complexity index is 305. The minimum absolute atomic E-state index is 0.621. The van der Waals surface area contributed by atoms with Gasteiger partial charge in [0.25, 0.3) is 0 Å². The lowest BCUT2D eigenvalue weighted by Gasteiger charge is -2.19. The van der Waals surface area contributed by atoms with E-state index >= 15 is 0 Å². The smallest absolute Gasteiger partial charge is 0.0302 e. The third-order valence-electron chi connectivity index (χ3n) is 2.51. The van der Waals surface area contributed by atoms with Crippen LogP contribution >= 0.6 is 11.6 Å². The summed E-state index contributed by atoms with van der Waals surface area (Å²) in [6.45, 7) is 0.